The zero-order chi connectivity index (χ0) is 13.3. The third kappa shape index (κ3) is 2.53. The molecule has 96 valence electrons. The zero-order valence-electron chi connectivity index (χ0n) is 10.1. The van der Waals surface area contributed by atoms with Crippen LogP contribution < -0.4 is 5.69 Å². The third-order valence-electron chi connectivity index (χ3n) is 2.73. The van der Waals surface area contributed by atoms with Crippen LogP contribution in [0.4, 0.5) is 0 Å². The van der Waals surface area contributed by atoms with Crippen LogP contribution in [0.3, 0.4) is 0 Å². The van der Waals surface area contributed by atoms with Crippen molar-refractivity contribution < 1.29 is 8.42 Å². The van der Waals surface area contributed by atoms with Crippen LogP contribution in [0.2, 0.25) is 0 Å². The molecule has 1 aromatic carbocycles. The molecule has 0 fully saturated rings. The molecule has 0 atom stereocenters. The van der Waals surface area contributed by atoms with Gasteiger partial charge in [-0.15, -0.1) is 0 Å². The first-order valence-electron chi connectivity index (χ1n) is 5.46. The van der Waals surface area contributed by atoms with Gasteiger partial charge >= 0.3 is 5.69 Å². The van der Waals surface area contributed by atoms with E-state index in [1.807, 2.05) is 6.92 Å². The van der Waals surface area contributed by atoms with Crippen molar-refractivity contribution in [3.05, 3.63) is 51.7 Å². The lowest BCUT2D eigenvalue weighted by Gasteiger charge is -2.04. The second-order valence-electron chi connectivity index (χ2n) is 4.25. The van der Waals surface area contributed by atoms with Crippen molar-refractivity contribution in [2.45, 2.75) is 24.5 Å². The predicted molar refractivity (Wildman–Crippen MR) is 68.2 cm³/mol. The first kappa shape index (κ1) is 12.6. The fraction of sp³-hybridized carbons (Fsp3) is 0.250. The Morgan fingerprint density at radius 3 is 2.17 bits per heavy atom. The Morgan fingerprint density at radius 1 is 1.06 bits per heavy atom. The zero-order valence-corrected chi connectivity index (χ0v) is 11.0. The summed E-state index contributed by atoms with van der Waals surface area (Å²) in [4.78, 5) is 16.3. The highest BCUT2D eigenvalue weighted by molar-refractivity contribution is 7.90. The Kier molecular flexibility index (Phi) is 3.13. The molecule has 0 radical (unpaired) electrons. The maximum atomic E-state index is 12.1. The average molecular weight is 266 g/mol. The SMILES string of the molecule is Cc1ccc(S(=O)(=O)Cc2[nH]c(=O)[nH]c2C)cc1. The van der Waals surface area contributed by atoms with Gasteiger partial charge in [0.1, 0.15) is 0 Å². The number of imidazole rings is 1. The van der Waals surface area contributed by atoms with Gasteiger partial charge in [-0.1, -0.05) is 17.7 Å². The summed E-state index contributed by atoms with van der Waals surface area (Å²) in [5, 5.41) is 0. The van der Waals surface area contributed by atoms with Crippen LogP contribution in [0.15, 0.2) is 34.0 Å². The van der Waals surface area contributed by atoms with Crippen LogP contribution in [-0.4, -0.2) is 18.4 Å². The normalized spacial score (nSPS) is 11.7. The van der Waals surface area contributed by atoms with Gasteiger partial charge in [0.2, 0.25) is 0 Å². The first-order chi connectivity index (χ1) is 8.38. The molecule has 0 saturated carbocycles. The van der Waals surface area contributed by atoms with E-state index in [4.69, 9.17) is 0 Å². The van der Waals surface area contributed by atoms with Gasteiger partial charge in [0, 0.05) is 5.69 Å². The number of aryl methyl sites for hydroxylation is 2. The van der Waals surface area contributed by atoms with Gasteiger partial charge < -0.3 is 9.97 Å². The standard InChI is InChI=1S/C12H14N2O3S/c1-8-3-5-10(6-4-8)18(16,17)7-11-9(2)13-12(15)14-11/h3-6H,7H2,1-2H3,(H2,13,14,15). The number of H-pyrrole nitrogens is 2. The van der Waals surface area contributed by atoms with E-state index in [9.17, 15) is 13.2 Å². The number of hydrogen-bond acceptors (Lipinski definition) is 3. The third-order valence-corrected chi connectivity index (χ3v) is 4.39. The highest BCUT2D eigenvalue weighted by Gasteiger charge is 2.17. The molecule has 1 heterocycles. The Balaban J connectivity index is 2.35. The van der Waals surface area contributed by atoms with Crippen LogP contribution in [-0.2, 0) is 15.6 Å². The van der Waals surface area contributed by atoms with Crippen molar-refractivity contribution in [2.24, 2.45) is 0 Å². The van der Waals surface area contributed by atoms with E-state index in [0.717, 1.165) is 5.56 Å². The summed E-state index contributed by atoms with van der Waals surface area (Å²) in [5.74, 6) is -0.208. The fourth-order valence-corrected chi connectivity index (χ4v) is 3.06. The van der Waals surface area contributed by atoms with E-state index in [1.165, 1.54) is 0 Å². The Morgan fingerprint density at radius 2 is 1.67 bits per heavy atom. The number of sulfone groups is 1. The van der Waals surface area contributed by atoms with Crippen molar-refractivity contribution in [3.8, 4) is 0 Å². The lowest BCUT2D eigenvalue weighted by atomic mass is 10.2. The number of nitrogens with one attached hydrogen (secondary N) is 2. The lowest BCUT2D eigenvalue weighted by Crippen LogP contribution is -2.07. The van der Waals surface area contributed by atoms with E-state index in [-0.39, 0.29) is 16.3 Å². The lowest BCUT2D eigenvalue weighted by molar-refractivity contribution is 0.594. The second kappa shape index (κ2) is 4.45. The van der Waals surface area contributed by atoms with Crippen LogP contribution in [0.25, 0.3) is 0 Å². The molecule has 0 bridgehead atoms. The van der Waals surface area contributed by atoms with Gasteiger partial charge in [-0.3, -0.25) is 0 Å². The molecule has 0 aliphatic carbocycles. The molecule has 18 heavy (non-hydrogen) atoms. The quantitative estimate of drug-likeness (QED) is 0.878. The topological polar surface area (TPSA) is 82.8 Å². The van der Waals surface area contributed by atoms with E-state index < -0.39 is 9.84 Å². The van der Waals surface area contributed by atoms with Gasteiger partial charge in [-0.05, 0) is 26.0 Å². The van der Waals surface area contributed by atoms with Gasteiger partial charge in [-0.2, -0.15) is 0 Å². The number of benzene rings is 1. The number of rotatable bonds is 3. The monoisotopic (exact) mass is 266 g/mol. The van der Waals surface area contributed by atoms with Crippen LogP contribution in [0.1, 0.15) is 17.0 Å². The Labute approximate surface area is 105 Å². The summed E-state index contributed by atoms with van der Waals surface area (Å²) < 4.78 is 24.3. The van der Waals surface area contributed by atoms with Crippen molar-refractivity contribution in [2.75, 3.05) is 0 Å². The first-order valence-corrected chi connectivity index (χ1v) is 7.11. The highest BCUT2D eigenvalue weighted by atomic mass is 32.2. The van der Waals surface area contributed by atoms with Gasteiger partial charge in [0.25, 0.3) is 0 Å². The van der Waals surface area contributed by atoms with Crippen molar-refractivity contribution in [1.29, 1.82) is 0 Å². The molecule has 0 aliphatic heterocycles. The Bertz CT molecular complexity index is 709. The maximum absolute atomic E-state index is 12.1. The van der Waals surface area contributed by atoms with Crippen LogP contribution in [0.5, 0.6) is 0 Å². The highest BCUT2D eigenvalue weighted by Crippen LogP contribution is 2.16. The molecule has 2 aromatic rings. The second-order valence-corrected chi connectivity index (χ2v) is 6.24. The minimum Gasteiger partial charge on any atom is -0.310 e. The van der Waals surface area contributed by atoms with Crippen molar-refractivity contribution in [3.63, 3.8) is 0 Å². The van der Waals surface area contributed by atoms with Gasteiger partial charge in [0.15, 0.2) is 9.84 Å². The smallest absolute Gasteiger partial charge is 0.310 e. The van der Waals surface area contributed by atoms with E-state index >= 15 is 0 Å². The predicted octanol–water partition coefficient (Wildman–Crippen LogP) is 1.29. The fourth-order valence-electron chi connectivity index (χ4n) is 1.67. The van der Waals surface area contributed by atoms with E-state index in [0.29, 0.717) is 11.4 Å². The summed E-state index contributed by atoms with van der Waals surface area (Å²) in [5.41, 5.74) is 1.57. The maximum Gasteiger partial charge on any atom is 0.323 e. The van der Waals surface area contributed by atoms with E-state index in [2.05, 4.69) is 9.97 Å². The molecule has 5 nitrogen and oxygen atoms in total. The number of aromatic nitrogens is 2. The van der Waals surface area contributed by atoms with Crippen LogP contribution in [0, 0.1) is 13.8 Å². The largest absolute Gasteiger partial charge is 0.323 e. The molecule has 0 unspecified atom stereocenters. The minimum absolute atomic E-state index is 0.208. The number of aromatic amines is 2. The minimum atomic E-state index is -3.43. The van der Waals surface area contributed by atoms with Crippen molar-refractivity contribution in [1.82, 2.24) is 9.97 Å². The van der Waals surface area contributed by atoms with Gasteiger partial charge in [-0.25, -0.2) is 13.2 Å². The summed E-state index contributed by atoms with van der Waals surface area (Å²) in [6, 6.07) is 6.65. The summed E-state index contributed by atoms with van der Waals surface area (Å²) in [6.45, 7) is 3.56. The van der Waals surface area contributed by atoms with Crippen LogP contribution >= 0.6 is 0 Å². The summed E-state index contributed by atoms with van der Waals surface area (Å²) in [6.07, 6.45) is 0. The molecule has 6 heteroatoms. The molecule has 0 aliphatic rings. The molecule has 2 N–H and O–H groups in total. The van der Waals surface area contributed by atoms with Crippen molar-refractivity contribution >= 4 is 9.84 Å². The summed E-state index contributed by atoms with van der Waals surface area (Å²) in [7, 11) is -3.43. The Hall–Kier alpha value is -1.82. The van der Waals surface area contributed by atoms with Gasteiger partial charge in [0.05, 0.1) is 16.3 Å². The van der Waals surface area contributed by atoms with E-state index in [1.54, 1.807) is 31.2 Å². The summed E-state index contributed by atoms with van der Waals surface area (Å²) >= 11 is 0. The number of hydrogen-bond donors (Lipinski definition) is 2. The molecular formula is C12H14N2O3S. The molecular weight excluding hydrogens is 252 g/mol. The molecule has 1 aromatic heterocycles. The molecule has 0 amide bonds. The average Bonchev–Trinajstić information content (AvgIpc) is 2.57. The molecule has 0 saturated heterocycles. The molecule has 2 rings (SSSR count). The molecule has 0 spiro atoms.